The van der Waals surface area contributed by atoms with Crippen molar-refractivity contribution >= 4 is 11.4 Å². The molecule has 4 aromatic carbocycles. The summed E-state index contributed by atoms with van der Waals surface area (Å²) in [7, 11) is 0. The molecule has 0 saturated heterocycles. The number of hydrogen-bond donors (Lipinski definition) is 2. The number of hydrogen-bond acceptors (Lipinski definition) is 4. The third-order valence-corrected chi connectivity index (χ3v) is 5.12. The van der Waals surface area contributed by atoms with Gasteiger partial charge in [0.25, 0.3) is 0 Å². The minimum atomic E-state index is -4.83. The number of ether oxygens (including phenoxy) is 2. The molecule has 10 heteroatoms. The van der Waals surface area contributed by atoms with Gasteiger partial charge >= 0.3 is 12.4 Å². The summed E-state index contributed by atoms with van der Waals surface area (Å²) < 4.78 is 93.6. The van der Waals surface area contributed by atoms with Crippen molar-refractivity contribution < 1.29 is 35.8 Å². The summed E-state index contributed by atoms with van der Waals surface area (Å²) in [5, 5.41) is 0. The first-order chi connectivity index (χ1) is 16.9. The molecule has 0 saturated carbocycles. The van der Waals surface area contributed by atoms with E-state index in [1.165, 1.54) is 60.7 Å². The number of halogens is 6. The largest absolute Gasteiger partial charge is 0.457 e. The Morgan fingerprint density at radius 3 is 1.11 bits per heavy atom. The molecule has 4 nitrogen and oxygen atoms in total. The lowest BCUT2D eigenvalue weighted by Crippen LogP contribution is -2.09. The molecule has 0 unspecified atom stereocenters. The van der Waals surface area contributed by atoms with Crippen LogP contribution in [0.25, 0.3) is 11.1 Å². The fourth-order valence-electron chi connectivity index (χ4n) is 3.37. The van der Waals surface area contributed by atoms with E-state index in [1.807, 2.05) is 0 Å². The lowest BCUT2D eigenvalue weighted by molar-refractivity contribution is -0.139. The Labute approximate surface area is 201 Å². The molecule has 0 spiro atoms. The number of alkyl halides is 6. The van der Waals surface area contributed by atoms with Gasteiger partial charge in [0, 0.05) is 11.4 Å². The Morgan fingerprint density at radius 2 is 0.806 bits per heavy atom. The van der Waals surface area contributed by atoms with Crippen molar-refractivity contribution in [3.63, 3.8) is 0 Å². The van der Waals surface area contributed by atoms with Crippen LogP contribution in [0.3, 0.4) is 0 Å². The van der Waals surface area contributed by atoms with Gasteiger partial charge in [-0.25, -0.2) is 0 Å². The van der Waals surface area contributed by atoms with Crippen LogP contribution in [0.5, 0.6) is 23.0 Å². The van der Waals surface area contributed by atoms with Crippen molar-refractivity contribution in [1.82, 2.24) is 0 Å². The lowest BCUT2D eigenvalue weighted by atomic mass is 9.99. The Kier molecular flexibility index (Phi) is 6.45. The zero-order valence-corrected chi connectivity index (χ0v) is 18.3. The van der Waals surface area contributed by atoms with Crippen LogP contribution in [0.15, 0.2) is 84.9 Å². The van der Waals surface area contributed by atoms with Crippen LogP contribution in [-0.2, 0) is 12.4 Å². The minimum absolute atomic E-state index is 0.0866. The maximum atomic E-state index is 13.8. The second-order valence-electron chi connectivity index (χ2n) is 7.76. The Morgan fingerprint density at radius 1 is 0.472 bits per heavy atom. The molecular weight excluding hydrogens is 486 g/mol. The predicted octanol–water partition coefficient (Wildman–Crippen LogP) is 8.14. The topological polar surface area (TPSA) is 70.5 Å². The van der Waals surface area contributed by atoms with E-state index in [9.17, 15) is 26.3 Å². The SMILES string of the molecule is Nc1ccc(Oc2ccc(-c3ccc(Oc4ccc(N)cc4)c(C(F)(F)F)c3)cc2C(F)(F)F)cc1. The average molecular weight is 504 g/mol. The van der Waals surface area contributed by atoms with Gasteiger partial charge < -0.3 is 20.9 Å². The molecule has 4 N–H and O–H groups in total. The van der Waals surface area contributed by atoms with Gasteiger partial charge in [0.05, 0.1) is 11.1 Å². The number of nitrogens with two attached hydrogens (primary N) is 2. The van der Waals surface area contributed by atoms with Crippen molar-refractivity contribution in [2.24, 2.45) is 0 Å². The van der Waals surface area contributed by atoms with E-state index in [0.29, 0.717) is 11.4 Å². The highest BCUT2D eigenvalue weighted by Crippen LogP contribution is 2.43. The van der Waals surface area contributed by atoms with E-state index in [4.69, 9.17) is 20.9 Å². The maximum absolute atomic E-state index is 13.8. The molecule has 0 fully saturated rings. The van der Waals surface area contributed by atoms with Crippen molar-refractivity contribution in [2.75, 3.05) is 11.5 Å². The van der Waals surface area contributed by atoms with Gasteiger partial charge in [-0.3, -0.25) is 0 Å². The van der Waals surface area contributed by atoms with Gasteiger partial charge in [0.2, 0.25) is 0 Å². The lowest BCUT2D eigenvalue weighted by Gasteiger charge is -2.17. The van der Waals surface area contributed by atoms with E-state index in [0.717, 1.165) is 24.3 Å². The molecule has 0 bridgehead atoms. The first-order valence-corrected chi connectivity index (χ1v) is 10.4. The van der Waals surface area contributed by atoms with Gasteiger partial charge in [0.1, 0.15) is 23.0 Å². The van der Waals surface area contributed by atoms with Crippen LogP contribution in [0.2, 0.25) is 0 Å². The van der Waals surface area contributed by atoms with Crippen LogP contribution >= 0.6 is 0 Å². The van der Waals surface area contributed by atoms with E-state index >= 15 is 0 Å². The Balaban J connectivity index is 1.73. The highest BCUT2D eigenvalue weighted by atomic mass is 19.4. The Hall–Kier alpha value is -4.34. The van der Waals surface area contributed by atoms with E-state index in [-0.39, 0.29) is 22.6 Å². The number of nitrogen functional groups attached to an aromatic ring is 2. The van der Waals surface area contributed by atoms with E-state index in [2.05, 4.69) is 0 Å². The number of rotatable bonds is 5. The first-order valence-electron chi connectivity index (χ1n) is 10.4. The van der Waals surface area contributed by atoms with Gasteiger partial charge in [-0.2, -0.15) is 26.3 Å². The molecule has 0 radical (unpaired) electrons. The average Bonchev–Trinajstić information content (AvgIpc) is 2.81. The zero-order chi connectivity index (χ0) is 26.1. The number of anilines is 2. The van der Waals surface area contributed by atoms with Crippen molar-refractivity contribution in [1.29, 1.82) is 0 Å². The van der Waals surface area contributed by atoms with Crippen molar-refractivity contribution in [3.8, 4) is 34.1 Å². The van der Waals surface area contributed by atoms with Crippen LogP contribution in [-0.4, -0.2) is 0 Å². The van der Waals surface area contributed by atoms with Gasteiger partial charge in [-0.15, -0.1) is 0 Å². The Bertz CT molecular complexity index is 1260. The highest BCUT2D eigenvalue weighted by Gasteiger charge is 2.37. The molecule has 0 atom stereocenters. The van der Waals surface area contributed by atoms with Gasteiger partial charge in [0.15, 0.2) is 0 Å². The summed E-state index contributed by atoms with van der Waals surface area (Å²) in [6.07, 6.45) is -9.66. The second-order valence-corrected chi connectivity index (χ2v) is 7.76. The van der Waals surface area contributed by atoms with Crippen LogP contribution in [0.4, 0.5) is 37.7 Å². The summed E-state index contributed by atoms with van der Waals surface area (Å²) in [6.45, 7) is 0. The third kappa shape index (κ3) is 5.65. The summed E-state index contributed by atoms with van der Waals surface area (Å²) in [5.41, 5.74) is 9.49. The maximum Gasteiger partial charge on any atom is 0.420 e. The normalized spacial score (nSPS) is 11.8. The molecule has 0 aromatic heterocycles. The fraction of sp³-hybridized carbons (Fsp3) is 0.0769. The van der Waals surface area contributed by atoms with Crippen molar-refractivity contribution in [2.45, 2.75) is 12.4 Å². The number of benzene rings is 4. The summed E-state index contributed by atoms with van der Waals surface area (Å²) in [6, 6.07) is 17.5. The molecule has 36 heavy (non-hydrogen) atoms. The monoisotopic (exact) mass is 504 g/mol. The quantitative estimate of drug-likeness (QED) is 0.213. The van der Waals surface area contributed by atoms with Crippen LogP contribution in [0.1, 0.15) is 11.1 Å². The van der Waals surface area contributed by atoms with E-state index in [1.54, 1.807) is 0 Å². The molecular formula is C26H18F6N2O2. The minimum Gasteiger partial charge on any atom is -0.457 e. The first kappa shape index (κ1) is 24.8. The summed E-state index contributed by atoms with van der Waals surface area (Å²) >= 11 is 0. The standard InChI is InChI=1S/C26H18F6N2O2/c27-25(28,29)21-13-15(1-11-23(21)35-19-7-3-17(33)4-8-19)16-2-12-24(22(14-16)26(30,31)32)36-20-9-5-18(34)6-10-20/h1-14H,33-34H2. The highest BCUT2D eigenvalue weighted by molar-refractivity contribution is 5.69. The molecule has 0 aliphatic carbocycles. The molecule has 0 aliphatic rings. The second kappa shape index (κ2) is 9.37. The van der Waals surface area contributed by atoms with Gasteiger partial charge in [-0.1, -0.05) is 12.1 Å². The fourth-order valence-corrected chi connectivity index (χ4v) is 3.37. The molecule has 4 rings (SSSR count). The zero-order valence-electron chi connectivity index (χ0n) is 18.3. The van der Waals surface area contributed by atoms with Crippen LogP contribution in [0, 0.1) is 0 Å². The van der Waals surface area contributed by atoms with E-state index < -0.39 is 35.0 Å². The summed E-state index contributed by atoms with van der Waals surface area (Å²) in [4.78, 5) is 0. The molecule has 4 aromatic rings. The molecule has 0 heterocycles. The van der Waals surface area contributed by atoms with Crippen LogP contribution < -0.4 is 20.9 Å². The smallest absolute Gasteiger partial charge is 0.420 e. The summed E-state index contributed by atoms with van der Waals surface area (Å²) in [5.74, 6) is -0.775. The van der Waals surface area contributed by atoms with Gasteiger partial charge in [-0.05, 0) is 83.9 Å². The molecule has 0 aliphatic heterocycles. The predicted molar refractivity (Wildman–Crippen MR) is 124 cm³/mol. The molecule has 186 valence electrons. The third-order valence-electron chi connectivity index (χ3n) is 5.12. The molecule has 0 amide bonds. The van der Waals surface area contributed by atoms with Crippen molar-refractivity contribution in [3.05, 3.63) is 96.1 Å².